The van der Waals surface area contributed by atoms with E-state index in [4.69, 9.17) is 14.6 Å². The van der Waals surface area contributed by atoms with Crippen LogP contribution in [-0.2, 0) is 15.3 Å². The highest BCUT2D eigenvalue weighted by Crippen LogP contribution is 2.42. The van der Waals surface area contributed by atoms with Gasteiger partial charge in [-0.15, -0.1) is 0 Å². The molecular weight excluding hydrogens is 602 g/mol. The molecule has 3 aromatic carbocycles. The van der Waals surface area contributed by atoms with Crippen molar-refractivity contribution in [2.75, 3.05) is 36.9 Å². The zero-order valence-corrected chi connectivity index (χ0v) is 27.5. The standard InChI is InChI=1S/C35H41N5O5S/c1-23-8-10-27(11-9-23)40-32(22-31(39-40)35(2,3)4)38-34(41)37-26-7-5-6-25(20-26)33(24-14-16-36-17-15-24)46(42,43)28-12-13-29-30(21-28)45-19-18-44-29/h5-13,20-22,24,33,36H,14-19H2,1-4H3,(H2,37,38,41). The number of rotatable bonds is 7. The van der Waals surface area contributed by atoms with Crippen LogP contribution in [0, 0.1) is 12.8 Å². The highest BCUT2D eigenvalue weighted by Gasteiger charge is 2.37. The molecular formula is C35H41N5O5S. The van der Waals surface area contributed by atoms with Gasteiger partial charge < -0.3 is 20.1 Å². The number of urea groups is 1. The van der Waals surface area contributed by atoms with Crippen molar-refractivity contribution in [2.24, 2.45) is 5.92 Å². The van der Waals surface area contributed by atoms with E-state index in [0.717, 1.165) is 30.0 Å². The second-order valence-corrected chi connectivity index (χ2v) is 15.0. The lowest BCUT2D eigenvalue weighted by atomic mass is 9.90. The zero-order chi connectivity index (χ0) is 32.5. The van der Waals surface area contributed by atoms with Crippen LogP contribution in [0.25, 0.3) is 5.69 Å². The van der Waals surface area contributed by atoms with Crippen molar-refractivity contribution in [1.82, 2.24) is 15.1 Å². The van der Waals surface area contributed by atoms with Crippen LogP contribution in [0.2, 0.25) is 0 Å². The third-order valence-corrected chi connectivity index (χ3v) is 10.7. The maximum atomic E-state index is 14.3. The number of amides is 2. The van der Waals surface area contributed by atoms with Gasteiger partial charge in [-0.3, -0.25) is 5.32 Å². The molecule has 2 aliphatic heterocycles. The van der Waals surface area contributed by atoms with Crippen molar-refractivity contribution < 1.29 is 22.7 Å². The first-order valence-corrected chi connectivity index (χ1v) is 17.2. The Balaban J connectivity index is 1.28. The minimum absolute atomic E-state index is 0.108. The van der Waals surface area contributed by atoms with Gasteiger partial charge in [-0.2, -0.15) is 5.10 Å². The minimum atomic E-state index is -3.83. The number of aromatic nitrogens is 2. The molecule has 0 radical (unpaired) electrons. The van der Waals surface area contributed by atoms with Gasteiger partial charge in [-0.25, -0.2) is 17.9 Å². The fourth-order valence-corrected chi connectivity index (χ4v) is 8.10. The first kappa shape index (κ1) is 31.6. The zero-order valence-electron chi connectivity index (χ0n) is 26.7. The third kappa shape index (κ3) is 6.75. The Morgan fingerprint density at radius 1 is 0.935 bits per heavy atom. The number of benzene rings is 3. The van der Waals surface area contributed by atoms with E-state index in [1.54, 1.807) is 41.1 Å². The number of fused-ring (bicyclic) bond motifs is 1. The maximum Gasteiger partial charge on any atom is 0.324 e. The van der Waals surface area contributed by atoms with Gasteiger partial charge in [0.1, 0.15) is 19.0 Å². The van der Waals surface area contributed by atoms with Gasteiger partial charge in [-0.05, 0) is 80.7 Å². The summed E-state index contributed by atoms with van der Waals surface area (Å²) in [7, 11) is -3.83. The first-order chi connectivity index (χ1) is 22.0. The molecule has 0 aliphatic carbocycles. The van der Waals surface area contributed by atoms with Gasteiger partial charge in [0.2, 0.25) is 0 Å². The molecule has 3 N–H and O–H groups in total. The normalized spacial score (nSPS) is 16.1. The van der Waals surface area contributed by atoms with E-state index in [1.807, 2.05) is 43.3 Å². The summed E-state index contributed by atoms with van der Waals surface area (Å²) in [6.07, 6.45) is 1.43. The smallest absolute Gasteiger partial charge is 0.324 e. The van der Waals surface area contributed by atoms with E-state index in [1.165, 1.54) is 0 Å². The third-order valence-electron chi connectivity index (χ3n) is 8.46. The van der Waals surface area contributed by atoms with Gasteiger partial charge in [-0.1, -0.05) is 50.6 Å². The number of piperidine rings is 1. The molecule has 2 amide bonds. The summed E-state index contributed by atoms with van der Waals surface area (Å²) in [5.41, 5.74) is 3.66. The minimum Gasteiger partial charge on any atom is -0.486 e. The van der Waals surface area contributed by atoms with Crippen LogP contribution >= 0.6 is 0 Å². The first-order valence-electron chi connectivity index (χ1n) is 15.7. The molecule has 0 spiro atoms. The molecule has 10 nitrogen and oxygen atoms in total. The summed E-state index contributed by atoms with van der Waals surface area (Å²) in [5, 5.41) is 13.2. The largest absolute Gasteiger partial charge is 0.486 e. The van der Waals surface area contributed by atoms with Gasteiger partial charge in [0.05, 0.1) is 21.5 Å². The molecule has 1 atom stereocenters. The summed E-state index contributed by atoms with van der Waals surface area (Å²) in [5.74, 6) is 1.39. The number of hydrogen-bond donors (Lipinski definition) is 3. The second-order valence-electron chi connectivity index (χ2n) is 13.0. The van der Waals surface area contributed by atoms with Crippen molar-refractivity contribution in [3.63, 3.8) is 0 Å². The Bertz CT molecular complexity index is 1820. The summed E-state index contributed by atoms with van der Waals surface area (Å²) < 4.78 is 41.7. The fraction of sp³-hybridized carbons (Fsp3) is 0.371. The van der Waals surface area contributed by atoms with E-state index in [2.05, 4.69) is 36.7 Å². The van der Waals surface area contributed by atoms with Crippen LogP contribution in [0.15, 0.2) is 77.7 Å². The van der Waals surface area contributed by atoms with E-state index in [0.29, 0.717) is 54.6 Å². The molecule has 6 rings (SSSR count). The van der Waals surface area contributed by atoms with Crippen molar-refractivity contribution in [1.29, 1.82) is 0 Å². The number of sulfone groups is 1. The maximum absolute atomic E-state index is 14.3. The van der Waals surface area contributed by atoms with E-state index < -0.39 is 21.1 Å². The monoisotopic (exact) mass is 643 g/mol. The quantitative estimate of drug-likeness (QED) is 0.213. The molecule has 2 aliphatic rings. The highest BCUT2D eigenvalue weighted by molar-refractivity contribution is 7.91. The number of nitrogens with zero attached hydrogens (tertiary/aromatic N) is 2. The number of anilines is 2. The summed E-state index contributed by atoms with van der Waals surface area (Å²) in [6, 6.07) is 21.3. The summed E-state index contributed by atoms with van der Waals surface area (Å²) >= 11 is 0. The van der Waals surface area contributed by atoms with Crippen LogP contribution in [0.5, 0.6) is 11.5 Å². The van der Waals surface area contributed by atoms with Crippen molar-refractivity contribution >= 4 is 27.4 Å². The molecule has 4 aromatic rings. The molecule has 11 heteroatoms. The Morgan fingerprint density at radius 3 is 2.37 bits per heavy atom. The molecule has 0 saturated carbocycles. The lowest BCUT2D eigenvalue weighted by Gasteiger charge is -2.31. The molecule has 242 valence electrons. The number of hydrogen-bond acceptors (Lipinski definition) is 7. The van der Waals surface area contributed by atoms with Crippen molar-refractivity contribution in [3.05, 3.63) is 89.6 Å². The Labute approximate surface area is 270 Å². The van der Waals surface area contributed by atoms with Crippen LogP contribution in [0.1, 0.15) is 55.7 Å². The number of nitrogens with one attached hydrogen (secondary N) is 3. The van der Waals surface area contributed by atoms with E-state index in [9.17, 15) is 13.2 Å². The predicted octanol–water partition coefficient (Wildman–Crippen LogP) is 6.41. The summed E-state index contributed by atoms with van der Waals surface area (Å²) in [6.45, 7) is 10.5. The van der Waals surface area contributed by atoms with Crippen molar-refractivity contribution in [2.45, 2.75) is 56.1 Å². The molecule has 1 saturated heterocycles. The Hall–Kier alpha value is -4.35. The molecule has 1 fully saturated rings. The van der Waals surface area contributed by atoms with Gasteiger partial charge in [0.25, 0.3) is 0 Å². The molecule has 0 bridgehead atoms. The number of carbonyl (C=O) groups is 1. The number of carbonyl (C=O) groups excluding carboxylic acids is 1. The van der Waals surface area contributed by atoms with Crippen LogP contribution < -0.4 is 25.4 Å². The average Bonchev–Trinajstić information content (AvgIpc) is 3.46. The van der Waals surface area contributed by atoms with Gasteiger partial charge >= 0.3 is 6.03 Å². The second kappa shape index (κ2) is 12.8. The molecule has 1 unspecified atom stereocenters. The van der Waals surface area contributed by atoms with Crippen LogP contribution in [-0.4, -0.2) is 50.5 Å². The molecule has 1 aromatic heterocycles. The Kier molecular flexibility index (Phi) is 8.80. The van der Waals surface area contributed by atoms with Gasteiger partial charge in [0, 0.05) is 23.2 Å². The molecule has 46 heavy (non-hydrogen) atoms. The van der Waals surface area contributed by atoms with Gasteiger partial charge in [0.15, 0.2) is 21.3 Å². The van der Waals surface area contributed by atoms with Crippen molar-refractivity contribution in [3.8, 4) is 17.2 Å². The lowest BCUT2D eigenvalue weighted by molar-refractivity contribution is 0.171. The topological polar surface area (TPSA) is 124 Å². The summed E-state index contributed by atoms with van der Waals surface area (Å²) in [4.78, 5) is 13.6. The fourth-order valence-electron chi connectivity index (χ4n) is 5.99. The SMILES string of the molecule is Cc1ccc(-n2nc(C(C)(C)C)cc2NC(=O)Nc2cccc(C(C3CCNCC3)S(=O)(=O)c3ccc4c(c3)OCCO4)c2)cc1. The van der Waals surface area contributed by atoms with Crippen LogP contribution in [0.4, 0.5) is 16.3 Å². The van der Waals surface area contributed by atoms with Crippen LogP contribution in [0.3, 0.4) is 0 Å². The number of ether oxygens (including phenoxy) is 2. The average molecular weight is 644 g/mol. The lowest BCUT2D eigenvalue weighted by Crippen LogP contribution is -2.33. The molecule has 3 heterocycles. The number of aryl methyl sites for hydroxylation is 1. The van der Waals surface area contributed by atoms with E-state index >= 15 is 0 Å². The van der Waals surface area contributed by atoms with E-state index in [-0.39, 0.29) is 16.2 Å². The predicted molar refractivity (Wildman–Crippen MR) is 179 cm³/mol. The Morgan fingerprint density at radius 2 is 1.65 bits per heavy atom. The highest BCUT2D eigenvalue weighted by atomic mass is 32.2.